The fourth-order valence-corrected chi connectivity index (χ4v) is 1.81. The van der Waals surface area contributed by atoms with Gasteiger partial charge in [0, 0.05) is 11.9 Å². The molecule has 0 aromatic carbocycles. The number of carbonyl (C=O) groups excluding carboxylic acids is 1. The highest BCUT2D eigenvalue weighted by atomic mass is 16.4. The number of anilines is 1. The van der Waals surface area contributed by atoms with Crippen LogP contribution in [0.2, 0.25) is 0 Å². The highest BCUT2D eigenvalue weighted by Gasteiger charge is 2.36. The normalized spacial score (nSPS) is 19.0. The third kappa shape index (κ3) is 2.22. The molecule has 1 aliphatic rings. The van der Waals surface area contributed by atoms with Gasteiger partial charge in [0.1, 0.15) is 0 Å². The fraction of sp³-hybridized carbons (Fsp3) is 0.333. The number of hydrogen-bond acceptors (Lipinski definition) is 4. The topological polar surface area (TPSA) is 82.9 Å². The highest BCUT2D eigenvalue weighted by Crippen LogP contribution is 2.24. The van der Waals surface area contributed by atoms with Crippen LogP contribution in [0.25, 0.3) is 0 Å². The monoisotopic (exact) mass is 247 g/mol. The molecule has 0 saturated heterocycles. The third-order valence-corrected chi connectivity index (χ3v) is 2.77. The summed E-state index contributed by atoms with van der Waals surface area (Å²) in [7, 11) is 0. The van der Waals surface area contributed by atoms with E-state index in [1.165, 1.54) is 5.01 Å². The molecule has 94 valence electrons. The van der Waals surface area contributed by atoms with Gasteiger partial charge in [0.25, 0.3) is 5.91 Å². The van der Waals surface area contributed by atoms with Crippen molar-refractivity contribution in [1.82, 2.24) is 4.98 Å². The van der Waals surface area contributed by atoms with E-state index in [9.17, 15) is 9.59 Å². The minimum absolute atomic E-state index is 0.240. The smallest absolute Gasteiger partial charge is 0.304 e. The zero-order valence-corrected chi connectivity index (χ0v) is 10.1. The average Bonchev–Trinajstić information content (AvgIpc) is 2.56. The van der Waals surface area contributed by atoms with Gasteiger partial charge >= 0.3 is 5.97 Å². The lowest BCUT2D eigenvalue weighted by atomic mass is 10.0. The van der Waals surface area contributed by atoms with Crippen LogP contribution < -0.4 is 5.01 Å². The van der Waals surface area contributed by atoms with Gasteiger partial charge in [-0.3, -0.25) is 9.59 Å². The number of nitrogens with zero attached hydrogens (tertiary/aromatic N) is 3. The predicted molar refractivity (Wildman–Crippen MR) is 65.3 cm³/mol. The molecular formula is C12H13N3O3. The minimum Gasteiger partial charge on any atom is -0.481 e. The summed E-state index contributed by atoms with van der Waals surface area (Å²) >= 11 is 0. The van der Waals surface area contributed by atoms with E-state index in [0.717, 1.165) is 5.56 Å². The molecule has 2 rings (SSSR count). The van der Waals surface area contributed by atoms with Gasteiger partial charge in [-0.05, 0) is 31.5 Å². The van der Waals surface area contributed by atoms with Crippen molar-refractivity contribution < 1.29 is 14.7 Å². The molecule has 6 heteroatoms. The Morgan fingerprint density at radius 3 is 2.83 bits per heavy atom. The summed E-state index contributed by atoms with van der Waals surface area (Å²) in [6, 6.07) is 3.55. The largest absolute Gasteiger partial charge is 0.481 e. The van der Waals surface area contributed by atoms with E-state index < -0.39 is 11.9 Å². The van der Waals surface area contributed by atoms with Crippen molar-refractivity contribution in [2.45, 2.75) is 20.3 Å². The van der Waals surface area contributed by atoms with Crippen LogP contribution in [0.1, 0.15) is 18.9 Å². The molecule has 0 radical (unpaired) electrons. The minimum atomic E-state index is -1.01. The van der Waals surface area contributed by atoms with E-state index >= 15 is 0 Å². The number of hydrogen-bond donors (Lipinski definition) is 1. The number of carboxylic acid groups (broad SMARTS) is 1. The summed E-state index contributed by atoms with van der Waals surface area (Å²) in [6.45, 7) is 3.54. The fourth-order valence-electron chi connectivity index (χ4n) is 1.81. The van der Waals surface area contributed by atoms with Crippen LogP contribution in [0.15, 0.2) is 23.4 Å². The molecule has 0 saturated carbocycles. The molecule has 18 heavy (non-hydrogen) atoms. The first-order valence-corrected chi connectivity index (χ1v) is 5.52. The molecule has 6 nitrogen and oxygen atoms in total. The molecule has 2 heterocycles. The second-order valence-electron chi connectivity index (χ2n) is 4.23. The maximum Gasteiger partial charge on any atom is 0.304 e. The first-order valence-electron chi connectivity index (χ1n) is 5.52. The number of rotatable bonds is 3. The van der Waals surface area contributed by atoms with Gasteiger partial charge < -0.3 is 5.11 Å². The molecule has 1 amide bonds. The highest BCUT2D eigenvalue weighted by molar-refractivity contribution is 6.15. The summed E-state index contributed by atoms with van der Waals surface area (Å²) in [5, 5.41) is 14.0. The Balaban J connectivity index is 2.28. The van der Waals surface area contributed by atoms with Crippen molar-refractivity contribution in [2.24, 2.45) is 11.0 Å². The van der Waals surface area contributed by atoms with E-state index in [2.05, 4.69) is 10.1 Å². The molecule has 1 aromatic heterocycles. The van der Waals surface area contributed by atoms with Gasteiger partial charge in [-0.1, -0.05) is 0 Å². The van der Waals surface area contributed by atoms with Gasteiger partial charge in [0.05, 0.1) is 12.3 Å². The van der Waals surface area contributed by atoms with Crippen LogP contribution in [0, 0.1) is 12.8 Å². The number of amides is 1. The van der Waals surface area contributed by atoms with E-state index in [4.69, 9.17) is 5.11 Å². The van der Waals surface area contributed by atoms with Gasteiger partial charge in [0.2, 0.25) is 0 Å². The summed E-state index contributed by atoms with van der Waals surface area (Å²) in [5.74, 6) is -1.62. The van der Waals surface area contributed by atoms with Crippen molar-refractivity contribution in [3.8, 4) is 0 Å². The van der Waals surface area contributed by atoms with Crippen LogP contribution in [-0.4, -0.2) is 27.7 Å². The first kappa shape index (κ1) is 12.2. The second-order valence-corrected chi connectivity index (χ2v) is 4.23. The SMILES string of the molecule is CC1=NN(c2cc(C)ccn2)C(=O)C1CC(=O)O. The average molecular weight is 247 g/mol. The Morgan fingerprint density at radius 2 is 2.22 bits per heavy atom. The zero-order chi connectivity index (χ0) is 13.3. The lowest BCUT2D eigenvalue weighted by Crippen LogP contribution is -2.29. The summed E-state index contributed by atoms with van der Waals surface area (Å²) in [4.78, 5) is 26.8. The van der Waals surface area contributed by atoms with Crippen molar-refractivity contribution in [2.75, 3.05) is 5.01 Å². The van der Waals surface area contributed by atoms with Crippen molar-refractivity contribution >= 4 is 23.4 Å². The number of hydrazone groups is 1. The van der Waals surface area contributed by atoms with Crippen LogP contribution in [-0.2, 0) is 9.59 Å². The van der Waals surface area contributed by atoms with E-state index in [0.29, 0.717) is 11.5 Å². The number of aliphatic carboxylic acids is 1. The van der Waals surface area contributed by atoms with Gasteiger partial charge in [0.15, 0.2) is 5.82 Å². The standard InChI is InChI=1S/C12H13N3O3/c1-7-3-4-13-10(5-7)15-12(18)9(6-11(16)17)8(2)14-15/h3-5,9H,6H2,1-2H3,(H,16,17). The number of pyridine rings is 1. The van der Waals surface area contributed by atoms with Gasteiger partial charge in [-0.15, -0.1) is 0 Å². The van der Waals surface area contributed by atoms with E-state index in [1.807, 2.05) is 13.0 Å². The molecule has 1 atom stereocenters. The maximum atomic E-state index is 12.1. The predicted octanol–water partition coefficient (Wildman–Crippen LogP) is 1.20. The summed E-state index contributed by atoms with van der Waals surface area (Å²) < 4.78 is 0. The molecule has 0 spiro atoms. The zero-order valence-electron chi connectivity index (χ0n) is 10.1. The van der Waals surface area contributed by atoms with Crippen LogP contribution in [0.4, 0.5) is 5.82 Å². The third-order valence-electron chi connectivity index (χ3n) is 2.77. The Bertz CT molecular complexity index is 539. The van der Waals surface area contributed by atoms with Crippen LogP contribution >= 0.6 is 0 Å². The van der Waals surface area contributed by atoms with Crippen LogP contribution in [0.3, 0.4) is 0 Å². The molecule has 0 bridgehead atoms. The maximum absolute atomic E-state index is 12.1. The Morgan fingerprint density at radius 1 is 1.50 bits per heavy atom. The number of aryl methyl sites for hydroxylation is 1. The first-order chi connectivity index (χ1) is 8.49. The van der Waals surface area contributed by atoms with Crippen molar-refractivity contribution in [3.05, 3.63) is 23.9 Å². The quantitative estimate of drug-likeness (QED) is 0.870. The Kier molecular flexibility index (Phi) is 3.10. The molecule has 0 fully saturated rings. The van der Waals surface area contributed by atoms with Gasteiger partial charge in [-0.2, -0.15) is 10.1 Å². The summed E-state index contributed by atoms with van der Waals surface area (Å²) in [6.07, 6.45) is 1.35. The number of carbonyl (C=O) groups is 2. The number of carboxylic acids is 1. The second kappa shape index (κ2) is 4.56. The molecular weight excluding hydrogens is 234 g/mol. The Hall–Kier alpha value is -2.24. The molecule has 1 unspecified atom stereocenters. The lowest BCUT2D eigenvalue weighted by molar-refractivity contribution is -0.139. The van der Waals surface area contributed by atoms with Gasteiger partial charge in [-0.25, -0.2) is 4.98 Å². The number of aromatic nitrogens is 1. The lowest BCUT2D eigenvalue weighted by Gasteiger charge is -2.12. The van der Waals surface area contributed by atoms with E-state index in [1.54, 1.807) is 19.2 Å². The summed E-state index contributed by atoms with van der Waals surface area (Å²) in [5.41, 5.74) is 1.47. The molecule has 1 aliphatic heterocycles. The molecule has 0 aliphatic carbocycles. The van der Waals surface area contributed by atoms with Crippen molar-refractivity contribution in [1.29, 1.82) is 0 Å². The molecule has 1 aromatic rings. The van der Waals surface area contributed by atoms with Crippen molar-refractivity contribution in [3.63, 3.8) is 0 Å². The van der Waals surface area contributed by atoms with Crippen LogP contribution in [0.5, 0.6) is 0 Å². The molecule has 1 N–H and O–H groups in total. The van der Waals surface area contributed by atoms with E-state index in [-0.39, 0.29) is 12.3 Å². The Labute approximate surface area is 104 Å².